The number of nitrogens with zero attached hydrogens (tertiary/aromatic N) is 2. The number of hydrogen-bond donors (Lipinski definition) is 1. The summed E-state index contributed by atoms with van der Waals surface area (Å²) in [4.78, 5) is 17.4. The van der Waals surface area contributed by atoms with Crippen molar-refractivity contribution in [3.63, 3.8) is 0 Å². The number of carbonyl (C=O) groups excluding carboxylic acids is 1. The van der Waals surface area contributed by atoms with Gasteiger partial charge in [-0.3, -0.25) is 4.79 Å². The highest BCUT2D eigenvalue weighted by molar-refractivity contribution is 7.91. The lowest BCUT2D eigenvalue weighted by Crippen LogP contribution is -2.48. The van der Waals surface area contributed by atoms with Crippen molar-refractivity contribution in [2.45, 2.75) is 96.4 Å². The molecule has 0 aliphatic carbocycles. The highest BCUT2D eigenvalue weighted by atomic mass is 35.5. The average Bonchev–Trinajstić information content (AvgIpc) is 3.48. The van der Waals surface area contributed by atoms with Gasteiger partial charge in [-0.05, 0) is 90.0 Å². The van der Waals surface area contributed by atoms with Crippen molar-refractivity contribution in [3.8, 4) is 11.5 Å². The zero-order valence-corrected chi connectivity index (χ0v) is 35.3. The number of nitrogens with one attached hydrogen (secondary N) is 1. The van der Waals surface area contributed by atoms with E-state index in [9.17, 15) is 13.2 Å². The Morgan fingerprint density at radius 3 is 2.39 bits per heavy atom. The maximum absolute atomic E-state index is 12.9. The van der Waals surface area contributed by atoms with Gasteiger partial charge in [0.2, 0.25) is 5.91 Å². The Kier molecular flexibility index (Phi) is 9.35. The molecule has 8 nitrogen and oxygen atoms in total. The predicted molar refractivity (Wildman–Crippen MR) is 219 cm³/mol. The molecule has 1 N–H and O–H groups in total. The Bertz CT molecular complexity index is 2280. The van der Waals surface area contributed by atoms with Gasteiger partial charge in [0.15, 0.2) is 15.4 Å². The minimum Gasteiger partial charge on any atom is -0.456 e. The number of benzene rings is 3. The Morgan fingerprint density at radius 1 is 0.944 bits per heavy atom. The molecule has 13 heteroatoms. The number of rotatable bonds is 6. The summed E-state index contributed by atoms with van der Waals surface area (Å²) in [6, 6.07) is 6.34. The van der Waals surface area contributed by atoms with Gasteiger partial charge >= 0.3 is 0 Å². The van der Waals surface area contributed by atoms with Crippen LogP contribution >= 0.6 is 46.4 Å². The third kappa shape index (κ3) is 6.20. The molecule has 3 aromatic carbocycles. The molecular weight excluding hydrogens is 788 g/mol. The third-order valence-corrected chi connectivity index (χ3v) is 14.0. The van der Waals surface area contributed by atoms with E-state index in [1.54, 1.807) is 0 Å². The van der Waals surface area contributed by atoms with Crippen LogP contribution in [0.5, 0.6) is 11.5 Å². The van der Waals surface area contributed by atoms with Gasteiger partial charge in [0, 0.05) is 83.0 Å². The molecule has 0 bridgehead atoms. The predicted octanol–water partition coefficient (Wildman–Crippen LogP) is 9.65. The number of fused-ring (bicyclic) bond motifs is 8. The van der Waals surface area contributed by atoms with Crippen LogP contribution in [0.4, 0.5) is 11.4 Å². The zero-order valence-electron chi connectivity index (χ0n) is 31.4. The van der Waals surface area contributed by atoms with E-state index in [0.717, 1.165) is 90.1 Å². The molecule has 0 fully saturated rings. The minimum absolute atomic E-state index is 0.0440. The van der Waals surface area contributed by atoms with Crippen molar-refractivity contribution in [2.24, 2.45) is 0 Å². The normalized spacial score (nSPS) is 20.7. The second kappa shape index (κ2) is 13.2. The number of ether oxygens (including phenoxy) is 2. The lowest BCUT2D eigenvalue weighted by molar-refractivity contribution is -0.122. The molecule has 5 aliphatic heterocycles. The molecule has 0 saturated carbocycles. The Labute approximate surface area is 338 Å². The maximum Gasteiger partial charge on any atom is 0.220 e. The van der Waals surface area contributed by atoms with Gasteiger partial charge in [0.1, 0.15) is 11.5 Å². The number of aryl methyl sites for hydroxylation is 1. The molecule has 1 amide bonds. The van der Waals surface area contributed by atoms with Crippen LogP contribution in [0, 0.1) is 0 Å². The number of hydrogen-bond acceptors (Lipinski definition) is 7. The SMILES string of the molecule is CC(C)(C)NC(=O)CCCN1CCCc2cc3c(cc21)Oc1c(cc2c4c1CCCN4C(C)(C)C=C2CS(C)(=O)=O)C31OCc2c(Cl)c(Cl)c(Cl)c(Cl)c21. The molecule has 5 aliphatic rings. The van der Waals surface area contributed by atoms with Gasteiger partial charge < -0.3 is 24.6 Å². The van der Waals surface area contributed by atoms with E-state index in [1.807, 2.05) is 20.8 Å². The molecule has 288 valence electrons. The zero-order chi connectivity index (χ0) is 38.7. The van der Waals surface area contributed by atoms with Crippen molar-refractivity contribution in [3.05, 3.63) is 83.3 Å². The standard InChI is InChI=1S/C41H45Cl4N3O5S/c1-39(2,3)46-31(49)12-9-14-47-13-7-10-22-16-27-30(18-29(22)47)53-38-24-11-8-15-48-37(24)25(23(19-40(48,4)5)21-54(6,50)51)17-28(38)41(27)32-26(20-52-41)33(42)35(44)36(45)34(32)43/h16-19H,7-15,20-21H2,1-6H3,(H,46,49). The van der Waals surface area contributed by atoms with Crippen LogP contribution in [-0.4, -0.2) is 57.0 Å². The Hall–Kier alpha value is -2.66. The molecule has 3 aromatic rings. The number of anilines is 2. The van der Waals surface area contributed by atoms with Crippen LogP contribution in [0.1, 0.15) is 99.2 Å². The van der Waals surface area contributed by atoms with Gasteiger partial charge in [-0.25, -0.2) is 8.42 Å². The van der Waals surface area contributed by atoms with E-state index in [4.69, 9.17) is 55.9 Å². The molecule has 0 saturated heterocycles. The summed E-state index contributed by atoms with van der Waals surface area (Å²) in [5.41, 5.74) is 6.59. The van der Waals surface area contributed by atoms with Gasteiger partial charge in [-0.15, -0.1) is 0 Å². The quantitative estimate of drug-likeness (QED) is 0.196. The molecule has 1 atom stereocenters. The Morgan fingerprint density at radius 2 is 1.67 bits per heavy atom. The van der Waals surface area contributed by atoms with Crippen molar-refractivity contribution in [1.82, 2.24) is 5.32 Å². The van der Waals surface area contributed by atoms with Gasteiger partial charge in [0.25, 0.3) is 0 Å². The smallest absolute Gasteiger partial charge is 0.220 e. The summed E-state index contributed by atoms with van der Waals surface area (Å²) < 4.78 is 40.0. The van der Waals surface area contributed by atoms with Crippen LogP contribution in [-0.2, 0) is 44.4 Å². The first-order valence-electron chi connectivity index (χ1n) is 18.6. The summed E-state index contributed by atoms with van der Waals surface area (Å²) in [5, 5.41) is 3.93. The number of halogens is 4. The summed E-state index contributed by atoms with van der Waals surface area (Å²) in [7, 11) is -3.39. The van der Waals surface area contributed by atoms with E-state index in [2.05, 4.69) is 53.2 Å². The maximum atomic E-state index is 12.9. The fraction of sp³-hybridized carbons (Fsp3) is 0.488. The first kappa shape index (κ1) is 38.2. The highest BCUT2D eigenvalue weighted by Gasteiger charge is 2.54. The highest BCUT2D eigenvalue weighted by Crippen LogP contribution is 2.64. The lowest BCUT2D eigenvalue weighted by atomic mass is 9.73. The van der Waals surface area contributed by atoms with Gasteiger partial charge in [-0.2, -0.15) is 0 Å². The molecule has 54 heavy (non-hydrogen) atoms. The Balaban J connectivity index is 1.34. The molecule has 1 spiro atoms. The van der Waals surface area contributed by atoms with E-state index in [0.29, 0.717) is 35.5 Å². The molecular formula is C41H45Cl4N3O5S. The molecule has 0 radical (unpaired) electrons. The van der Waals surface area contributed by atoms with E-state index >= 15 is 0 Å². The topological polar surface area (TPSA) is 88.2 Å². The van der Waals surface area contributed by atoms with Crippen LogP contribution in [0.25, 0.3) is 5.57 Å². The van der Waals surface area contributed by atoms with E-state index in [1.165, 1.54) is 6.26 Å². The summed E-state index contributed by atoms with van der Waals surface area (Å²) in [6.45, 7) is 12.8. The average molecular weight is 834 g/mol. The number of carbonyl (C=O) groups is 1. The van der Waals surface area contributed by atoms with Crippen LogP contribution < -0.4 is 19.9 Å². The fourth-order valence-electron chi connectivity index (χ4n) is 9.26. The third-order valence-electron chi connectivity index (χ3n) is 11.3. The van der Waals surface area contributed by atoms with Crippen molar-refractivity contribution < 1.29 is 22.7 Å². The van der Waals surface area contributed by atoms with E-state index < -0.39 is 21.0 Å². The van der Waals surface area contributed by atoms with Crippen LogP contribution in [0.2, 0.25) is 20.1 Å². The van der Waals surface area contributed by atoms with Crippen LogP contribution in [0.3, 0.4) is 0 Å². The van der Waals surface area contributed by atoms with Crippen molar-refractivity contribution in [2.75, 3.05) is 41.4 Å². The largest absolute Gasteiger partial charge is 0.456 e. The summed E-state index contributed by atoms with van der Waals surface area (Å²) in [6.07, 6.45) is 7.91. The van der Waals surface area contributed by atoms with Crippen LogP contribution in [0.15, 0.2) is 24.3 Å². The van der Waals surface area contributed by atoms with Crippen molar-refractivity contribution >= 4 is 79.1 Å². The fourth-order valence-corrected chi connectivity index (χ4v) is 11.1. The second-order valence-electron chi connectivity index (χ2n) is 16.9. The minimum atomic E-state index is -3.39. The summed E-state index contributed by atoms with van der Waals surface area (Å²) in [5.74, 6) is 1.25. The van der Waals surface area contributed by atoms with E-state index in [-0.39, 0.29) is 43.9 Å². The number of sulfone groups is 1. The molecule has 1 unspecified atom stereocenters. The van der Waals surface area contributed by atoms with Crippen molar-refractivity contribution in [1.29, 1.82) is 0 Å². The molecule has 0 aromatic heterocycles. The monoisotopic (exact) mass is 831 g/mol. The summed E-state index contributed by atoms with van der Waals surface area (Å²) >= 11 is 27.7. The first-order chi connectivity index (χ1) is 25.3. The van der Waals surface area contributed by atoms with Gasteiger partial charge in [-0.1, -0.05) is 52.5 Å². The second-order valence-corrected chi connectivity index (χ2v) is 20.6. The van der Waals surface area contributed by atoms with Gasteiger partial charge in [0.05, 0.1) is 43.7 Å². The number of amides is 1. The first-order valence-corrected chi connectivity index (χ1v) is 22.2. The molecule has 5 heterocycles. The lowest BCUT2D eigenvalue weighted by Gasteiger charge is -2.49. The molecule has 8 rings (SSSR count).